The van der Waals surface area contributed by atoms with E-state index in [2.05, 4.69) is 26.7 Å². The fraction of sp³-hybridized carbons (Fsp3) is 0.333. The van der Waals surface area contributed by atoms with Gasteiger partial charge >= 0.3 is 0 Å². The Balaban J connectivity index is 1.87. The highest BCUT2D eigenvalue weighted by molar-refractivity contribution is 5.55. The molecule has 0 saturated heterocycles. The number of nitrogens with one attached hydrogen (secondary N) is 1. The molecule has 2 rings (SSSR count). The van der Waals surface area contributed by atoms with E-state index in [0.29, 0.717) is 11.4 Å². The molecule has 6 nitrogen and oxygen atoms in total. The number of aromatic nitrogens is 4. The molecule has 1 N–H and O–H groups in total. The molecule has 2 aromatic rings. The molecule has 0 aromatic carbocycles. The second-order valence-electron chi connectivity index (χ2n) is 3.91. The van der Waals surface area contributed by atoms with Gasteiger partial charge in [-0.15, -0.1) is 5.10 Å². The molecule has 0 bridgehead atoms. The molecule has 0 unspecified atom stereocenters. The molecule has 0 atom stereocenters. The molecule has 0 fully saturated rings. The first-order valence-corrected chi connectivity index (χ1v) is 5.75. The Morgan fingerprint density at radius 3 is 3.06 bits per heavy atom. The Kier molecular flexibility index (Phi) is 3.86. The van der Waals surface area contributed by atoms with Gasteiger partial charge in [0.05, 0.1) is 11.8 Å². The molecule has 0 amide bonds. The van der Waals surface area contributed by atoms with E-state index < -0.39 is 0 Å². The molecule has 0 radical (unpaired) electrons. The Labute approximate surface area is 105 Å². The second kappa shape index (κ2) is 5.77. The van der Waals surface area contributed by atoms with Crippen LogP contribution >= 0.6 is 0 Å². The summed E-state index contributed by atoms with van der Waals surface area (Å²) in [5.41, 5.74) is 1.55. The number of rotatable bonds is 5. The van der Waals surface area contributed by atoms with Crippen molar-refractivity contribution in [3.63, 3.8) is 0 Å². The number of nitriles is 1. The Hall–Kier alpha value is -2.42. The minimum absolute atomic E-state index is 0.609. The minimum atomic E-state index is 0.609. The standard InChI is InChI=1S/C12H14N6/c1-10-3-5-15-12(11(10)9-13)14-4-2-7-18-8-6-16-17-18/h3,5-6,8H,2,4,7H2,1H3,(H,14,15). The van der Waals surface area contributed by atoms with Gasteiger partial charge in [-0.05, 0) is 25.0 Å². The van der Waals surface area contributed by atoms with E-state index in [-0.39, 0.29) is 0 Å². The Bertz CT molecular complexity index is 540. The lowest BCUT2D eigenvalue weighted by Gasteiger charge is -2.08. The highest BCUT2D eigenvalue weighted by Crippen LogP contribution is 2.14. The quantitative estimate of drug-likeness (QED) is 0.801. The van der Waals surface area contributed by atoms with Crippen molar-refractivity contribution in [2.75, 3.05) is 11.9 Å². The Morgan fingerprint density at radius 2 is 2.33 bits per heavy atom. The number of anilines is 1. The van der Waals surface area contributed by atoms with Crippen LogP contribution < -0.4 is 5.32 Å². The van der Waals surface area contributed by atoms with Gasteiger partial charge < -0.3 is 5.32 Å². The van der Waals surface area contributed by atoms with E-state index >= 15 is 0 Å². The zero-order chi connectivity index (χ0) is 12.8. The number of aryl methyl sites for hydroxylation is 2. The maximum absolute atomic E-state index is 9.05. The third kappa shape index (κ3) is 2.83. The van der Waals surface area contributed by atoms with Gasteiger partial charge in [-0.2, -0.15) is 5.26 Å². The first-order valence-electron chi connectivity index (χ1n) is 5.75. The van der Waals surface area contributed by atoms with Gasteiger partial charge in [0, 0.05) is 25.5 Å². The van der Waals surface area contributed by atoms with Crippen molar-refractivity contribution in [1.29, 1.82) is 5.26 Å². The third-order valence-corrected chi connectivity index (χ3v) is 2.60. The van der Waals surface area contributed by atoms with E-state index in [0.717, 1.165) is 25.1 Å². The van der Waals surface area contributed by atoms with Gasteiger partial charge in [-0.3, -0.25) is 4.68 Å². The van der Waals surface area contributed by atoms with Crippen LogP contribution in [0.3, 0.4) is 0 Å². The van der Waals surface area contributed by atoms with Crippen LogP contribution in [0, 0.1) is 18.3 Å². The Morgan fingerprint density at radius 1 is 1.44 bits per heavy atom. The van der Waals surface area contributed by atoms with Crippen LogP contribution in [0.5, 0.6) is 0 Å². The van der Waals surface area contributed by atoms with E-state index in [9.17, 15) is 0 Å². The molecule has 0 aliphatic heterocycles. The molecule has 18 heavy (non-hydrogen) atoms. The zero-order valence-electron chi connectivity index (χ0n) is 10.2. The molecule has 0 spiro atoms. The van der Waals surface area contributed by atoms with Gasteiger partial charge in [0.1, 0.15) is 11.9 Å². The smallest absolute Gasteiger partial charge is 0.144 e. The lowest BCUT2D eigenvalue weighted by atomic mass is 10.1. The first kappa shape index (κ1) is 12.0. The van der Waals surface area contributed by atoms with E-state index in [1.165, 1.54) is 0 Å². The van der Waals surface area contributed by atoms with E-state index in [1.807, 2.05) is 19.2 Å². The molecular weight excluding hydrogens is 228 g/mol. The number of hydrogen-bond donors (Lipinski definition) is 1. The highest BCUT2D eigenvalue weighted by Gasteiger charge is 2.05. The van der Waals surface area contributed by atoms with E-state index in [1.54, 1.807) is 17.1 Å². The first-order chi connectivity index (χ1) is 8.81. The van der Waals surface area contributed by atoms with Crippen LogP contribution in [0.1, 0.15) is 17.5 Å². The SMILES string of the molecule is Cc1ccnc(NCCCn2ccnn2)c1C#N. The lowest BCUT2D eigenvalue weighted by Crippen LogP contribution is -2.09. The normalized spacial score (nSPS) is 10.0. The third-order valence-electron chi connectivity index (χ3n) is 2.60. The molecule has 0 saturated carbocycles. The summed E-state index contributed by atoms with van der Waals surface area (Å²) >= 11 is 0. The highest BCUT2D eigenvalue weighted by atomic mass is 15.4. The number of nitrogens with zero attached hydrogens (tertiary/aromatic N) is 5. The van der Waals surface area contributed by atoms with Crippen LogP contribution in [-0.2, 0) is 6.54 Å². The minimum Gasteiger partial charge on any atom is -0.369 e. The van der Waals surface area contributed by atoms with Crippen LogP contribution in [0.4, 0.5) is 5.82 Å². The molecule has 2 heterocycles. The topological polar surface area (TPSA) is 79.4 Å². The van der Waals surface area contributed by atoms with Crippen molar-refractivity contribution in [2.24, 2.45) is 0 Å². The molecule has 2 aromatic heterocycles. The maximum Gasteiger partial charge on any atom is 0.144 e. The molecule has 92 valence electrons. The monoisotopic (exact) mass is 242 g/mol. The number of hydrogen-bond acceptors (Lipinski definition) is 5. The largest absolute Gasteiger partial charge is 0.369 e. The van der Waals surface area contributed by atoms with Crippen molar-refractivity contribution in [3.05, 3.63) is 35.8 Å². The predicted octanol–water partition coefficient (Wildman–Crippen LogP) is 1.36. The van der Waals surface area contributed by atoms with Crippen molar-refractivity contribution in [3.8, 4) is 6.07 Å². The summed E-state index contributed by atoms with van der Waals surface area (Å²) in [5, 5.41) is 19.8. The fourth-order valence-electron chi connectivity index (χ4n) is 1.63. The average Bonchev–Trinajstić information content (AvgIpc) is 2.88. The molecule has 0 aliphatic rings. The molecule has 6 heteroatoms. The van der Waals surface area contributed by atoms with Crippen LogP contribution in [-0.4, -0.2) is 26.5 Å². The van der Waals surface area contributed by atoms with Gasteiger partial charge in [0.2, 0.25) is 0 Å². The van der Waals surface area contributed by atoms with Gasteiger partial charge in [0.15, 0.2) is 0 Å². The van der Waals surface area contributed by atoms with Gasteiger partial charge in [-0.1, -0.05) is 5.21 Å². The van der Waals surface area contributed by atoms with Crippen molar-refractivity contribution in [1.82, 2.24) is 20.0 Å². The second-order valence-corrected chi connectivity index (χ2v) is 3.91. The molecule has 0 aliphatic carbocycles. The van der Waals surface area contributed by atoms with Gasteiger partial charge in [0.25, 0.3) is 0 Å². The average molecular weight is 242 g/mol. The van der Waals surface area contributed by atoms with Crippen LogP contribution in [0.15, 0.2) is 24.7 Å². The van der Waals surface area contributed by atoms with Crippen molar-refractivity contribution in [2.45, 2.75) is 19.9 Å². The summed E-state index contributed by atoms with van der Waals surface area (Å²) in [6.45, 7) is 3.44. The molecular formula is C12H14N6. The fourth-order valence-corrected chi connectivity index (χ4v) is 1.63. The summed E-state index contributed by atoms with van der Waals surface area (Å²) < 4.78 is 1.77. The summed E-state index contributed by atoms with van der Waals surface area (Å²) in [6.07, 6.45) is 6.08. The van der Waals surface area contributed by atoms with E-state index in [4.69, 9.17) is 5.26 Å². The van der Waals surface area contributed by atoms with Gasteiger partial charge in [-0.25, -0.2) is 4.98 Å². The van der Waals surface area contributed by atoms with Crippen molar-refractivity contribution >= 4 is 5.82 Å². The summed E-state index contributed by atoms with van der Waals surface area (Å²) in [6, 6.07) is 4.00. The predicted molar refractivity (Wildman–Crippen MR) is 66.8 cm³/mol. The lowest BCUT2D eigenvalue weighted by molar-refractivity contribution is 0.569. The summed E-state index contributed by atoms with van der Waals surface area (Å²) in [4.78, 5) is 4.18. The summed E-state index contributed by atoms with van der Waals surface area (Å²) in [7, 11) is 0. The van der Waals surface area contributed by atoms with Crippen LogP contribution in [0.2, 0.25) is 0 Å². The zero-order valence-corrected chi connectivity index (χ0v) is 10.2. The van der Waals surface area contributed by atoms with Crippen molar-refractivity contribution < 1.29 is 0 Å². The van der Waals surface area contributed by atoms with Crippen LogP contribution in [0.25, 0.3) is 0 Å². The maximum atomic E-state index is 9.05. The summed E-state index contributed by atoms with van der Waals surface area (Å²) in [5.74, 6) is 0.649. The number of pyridine rings is 1.